The molecule has 2 N–H and O–H groups in total. The van der Waals surface area contributed by atoms with E-state index >= 15 is 0 Å². The zero-order valence-electron chi connectivity index (χ0n) is 22.5. The van der Waals surface area contributed by atoms with Gasteiger partial charge in [0, 0.05) is 23.8 Å². The van der Waals surface area contributed by atoms with Gasteiger partial charge in [0.05, 0.1) is 0 Å². The molecule has 1 spiro atoms. The highest BCUT2D eigenvalue weighted by Gasteiger charge is 2.69. The molecule has 37 heavy (non-hydrogen) atoms. The molecule has 4 aliphatic heterocycles. The van der Waals surface area contributed by atoms with Gasteiger partial charge in [0.15, 0.2) is 11.9 Å². The molecule has 0 unspecified atom stereocenters. The van der Waals surface area contributed by atoms with Crippen LogP contribution in [0.15, 0.2) is 24.3 Å². The molecule has 4 heterocycles. The molecule has 204 valence electrons. The Balaban J connectivity index is 1.32. The van der Waals surface area contributed by atoms with Crippen LogP contribution in [0.4, 0.5) is 0 Å². The predicted molar refractivity (Wildman–Crippen MR) is 132 cm³/mol. The molecule has 0 radical (unpaired) electrons. The van der Waals surface area contributed by atoms with E-state index in [1.807, 2.05) is 6.92 Å². The Labute approximate surface area is 218 Å². The Morgan fingerprint density at radius 3 is 2.43 bits per heavy atom. The van der Waals surface area contributed by atoms with E-state index in [9.17, 15) is 14.7 Å². The molecule has 1 aromatic rings. The first-order valence-electron chi connectivity index (χ1n) is 13.3. The van der Waals surface area contributed by atoms with Gasteiger partial charge in [-0.3, -0.25) is 4.79 Å². The first-order chi connectivity index (χ1) is 17.3. The quantitative estimate of drug-likeness (QED) is 0.549. The van der Waals surface area contributed by atoms with Crippen LogP contribution >= 0.6 is 0 Å². The van der Waals surface area contributed by atoms with Gasteiger partial charge in [-0.05, 0) is 67.7 Å². The zero-order chi connectivity index (χ0) is 26.8. The summed E-state index contributed by atoms with van der Waals surface area (Å²) in [4.78, 5) is 36.4. The van der Waals surface area contributed by atoms with Gasteiger partial charge in [0.25, 0.3) is 5.91 Å². The number of hydrogen-bond acceptors (Lipinski definition) is 7. The standard InChI is InChI=1S/C28H39NO8/c1-15-7-12-20-16(2)24(34-25-28(20)19(15)13-14-27(6,35-25)36-37-28)33-18-10-8-17(9-11-18)22(30)29-21(23(31)32)26(3,4)5/h8-11,15-16,19-21,24-25H,7,12-14H2,1-6H3,(H,29,30)(H,31,32)/t15-,16-,19+,20+,21-,24+,25-,27-,28-/m1/s1. The monoisotopic (exact) mass is 517 g/mol. The van der Waals surface area contributed by atoms with E-state index < -0.39 is 47.3 Å². The van der Waals surface area contributed by atoms with E-state index in [-0.39, 0.29) is 17.8 Å². The lowest BCUT2D eigenvalue weighted by Gasteiger charge is -2.60. The Kier molecular flexibility index (Phi) is 6.58. The van der Waals surface area contributed by atoms with E-state index in [0.717, 1.165) is 25.7 Å². The van der Waals surface area contributed by atoms with Gasteiger partial charge in [0.2, 0.25) is 12.1 Å². The van der Waals surface area contributed by atoms with Gasteiger partial charge < -0.3 is 24.6 Å². The Bertz CT molecular complexity index is 1040. The summed E-state index contributed by atoms with van der Waals surface area (Å²) < 4.78 is 19.1. The molecule has 0 aromatic heterocycles. The van der Waals surface area contributed by atoms with Crippen molar-refractivity contribution in [3.05, 3.63) is 29.8 Å². The van der Waals surface area contributed by atoms with Crippen molar-refractivity contribution in [1.29, 1.82) is 0 Å². The minimum atomic E-state index is -1.07. The minimum Gasteiger partial charge on any atom is -0.480 e. The van der Waals surface area contributed by atoms with Crippen molar-refractivity contribution in [2.45, 2.75) is 97.2 Å². The Morgan fingerprint density at radius 2 is 1.78 bits per heavy atom. The van der Waals surface area contributed by atoms with Crippen molar-refractivity contribution in [2.75, 3.05) is 0 Å². The van der Waals surface area contributed by atoms with Crippen LogP contribution in [-0.4, -0.2) is 47.0 Å². The maximum Gasteiger partial charge on any atom is 0.326 e. The lowest BCUT2D eigenvalue weighted by Crippen LogP contribution is -2.70. The number of carboxylic acid groups (broad SMARTS) is 1. The second-order valence-corrected chi connectivity index (χ2v) is 12.5. The van der Waals surface area contributed by atoms with Crippen molar-refractivity contribution in [3.63, 3.8) is 0 Å². The molecule has 6 rings (SSSR count). The van der Waals surface area contributed by atoms with Gasteiger partial charge in [-0.1, -0.05) is 34.6 Å². The topological polar surface area (TPSA) is 113 Å². The normalized spacial score (nSPS) is 39.7. The smallest absolute Gasteiger partial charge is 0.326 e. The van der Waals surface area contributed by atoms with Crippen LogP contribution in [0.2, 0.25) is 0 Å². The van der Waals surface area contributed by atoms with Gasteiger partial charge in [-0.2, -0.15) is 0 Å². The number of aliphatic carboxylic acids is 1. The fourth-order valence-corrected chi connectivity index (χ4v) is 6.69. The number of rotatable bonds is 5. The summed E-state index contributed by atoms with van der Waals surface area (Å²) in [6.07, 6.45) is 2.64. The summed E-state index contributed by atoms with van der Waals surface area (Å²) in [6, 6.07) is 5.65. The fourth-order valence-electron chi connectivity index (χ4n) is 6.69. The summed E-state index contributed by atoms with van der Waals surface area (Å²) in [5.41, 5.74) is -0.924. The molecule has 9 heteroatoms. The van der Waals surface area contributed by atoms with Gasteiger partial charge in [-0.15, -0.1) is 0 Å². The maximum absolute atomic E-state index is 12.7. The van der Waals surface area contributed by atoms with Crippen molar-refractivity contribution in [1.82, 2.24) is 5.32 Å². The Hall–Kier alpha value is -2.20. The van der Waals surface area contributed by atoms with E-state index in [1.165, 1.54) is 0 Å². The van der Waals surface area contributed by atoms with Crippen molar-refractivity contribution in [2.24, 2.45) is 29.1 Å². The average Bonchev–Trinajstić information content (AvgIpc) is 3.06. The van der Waals surface area contributed by atoms with E-state index in [1.54, 1.807) is 45.0 Å². The van der Waals surface area contributed by atoms with Crippen molar-refractivity contribution < 1.29 is 38.7 Å². The molecule has 1 saturated carbocycles. The third-order valence-corrected chi connectivity index (χ3v) is 8.85. The molecule has 2 bridgehead atoms. The highest BCUT2D eigenvalue weighted by atomic mass is 17.3. The number of benzene rings is 1. The average molecular weight is 518 g/mol. The Morgan fingerprint density at radius 1 is 1.08 bits per heavy atom. The third-order valence-electron chi connectivity index (χ3n) is 8.85. The summed E-state index contributed by atoms with van der Waals surface area (Å²) in [5.74, 6) is -0.881. The van der Waals surface area contributed by atoms with Crippen LogP contribution in [0.25, 0.3) is 0 Å². The number of carbonyl (C=O) groups excluding carboxylic acids is 1. The van der Waals surface area contributed by atoms with E-state index in [4.69, 9.17) is 24.0 Å². The summed E-state index contributed by atoms with van der Waals surface area (Å²) >= 11 is 0. The number of hydrogen-bond donors (Lipinski definition) is 2. The first-order valence-corrected chi connectivity index (χ1v) is 13.3. The minimum absolute atomic E-state index is 0.0204. The number of nitrogens with one attached hydrogen (secondary N) is 1. The van der Waals surface area contributed by atoms with Crippen LogP contribution in [0.5, 0.6) is 5.75 Å². The molecular weight excluding hydrogens is 478 g/mol. The number of carbonyl (C=O) groups is 2. The van der Waals surface area contributed by atoms with E-state index in [2.05, 4.69) is 19.2 Å². The van der Waals surface area contributed by atoms with Gasteiger partial charge in [-0.25, -0.2) is 14.6 Å². The number of carboxylic acids is 1. The van der Waals surface area contributed by atoms with Crippen LogP contribution in [0, 0.1) is 29.1 Å². The first kappa shape index (κ1) is 26.4. The molecule has 4 saturated heterocycles. The maximum atomic E-state index is 12.7. The number of ether oxygens (including phenoxy) is 3. The molecule has 9 nitrogen and oxygen atoms in total. The van der Waals surface area contributed by atoms with Crippen LogP contribution in [-0.2, 0) is 24.0 Å². The molecule has 1 aromatic carbocycles. The lowest BCUT2D eigenvalue weighted by molar-refractivity contribution is -0.575. The number of fused-ring (bicyclic) bond motifs is 2. The largest absolute Gasteiger partial charge is 0.480 e. The second-order valence-electron chi connectivity index (χ2n) is 12.5. The molecule has 5 aliphatic rings. The van der Waals surface area contributed by atoms with Gasteiger partial charge >= 0.3 is 5.97 Å². The lowest BCUT2D eigenvalue weighted by atomic mass is 9.58. The molecule has 5 fully saturated rings. The molecule has 1 aliphatic carbocycles. The summed E-state index contributed by atoms with van der Waals surface area (Å²) in [7, 11) is 0. The highest BCUT2D eigenvalue weighted by Crippen LogP contribution is 2.60. The van der Waals surface area contributed by atoms with Crippen LogP contribution in [0.3, 0.4) is 0 Å². The van der Waals surface area contributed by atoms with E-state index in [0.29, 0.717) is 17.2 Å². The zero-order valence-corrected chi connectivity index (χ0v) is 22.5. The third kappa shape index (κ3) is 4.54. The number of amides is 1. The second kappa shape index (κ2) is 9.22. The van der Waals surface area contributed by atoms with Crippen LogP contribution < -0.4 is 10.1 Å². The van der Waals surface area contributed by atoms with Crippen LogP contribution in [0.1, 0.15) is 77.6 Å². The van der Waals surface area contributed by atoms with Crippen molar-refractivity contribution >= 4 is 11.9 Å². The highest BCUT2D eigenvalue weighted by molar-refractivity contribution is 5.96. The summed E-state index contributed by atoms with van der Waals surface area (Å²) in [6.45, 7) is 11.6. The van der Waals surface area contributed by atoms with Gasteiger partial charge in [0.1, 0.15) is 11.8 Å². The predicted octanol–water partition coefficient (Wildman–Crippen LogP) is 4.50. The molecule has 1 amide bonds. The molecular formula is C28H39NO8. The SMILES string of the molecule is C[C@H]1[C@@H](Oc2ccc(C(=O)N[C@H](C(=O)O)C(C)(C)C)cc2)O[C@@H]2O[C@@]3(C)CC[C@H]4[C@H](C)CC[C@@H]1[C@@]24OO3. The fraction of sp³-hybridized carbons (Fsp3) is 0.714. The molecule has 9 atom stereocenters. The van der Waals surface area contributed by atoms with Crippen molar-refractivity contribution in [3.8, 4) is 5.75 Å². The summed E-state index contributed by atoms with van der Waals surface area (Å²) in [5, 5.41) is 12.1.